The second kappa shape index (κ2) is 5.93. The number of hydrogen-bond donors (Lipinski definition) is 2. The number of aromatic nitrogens is 2. The third kappa shape index (κ3) is 4.73. The normalized spacial score (nSPS) is 8.46. The van der Waals surface area contributed by atoms with Gasteiger partial charge in [-0.25, -0.2) is 4.98 Å². The van der Waals surface area contributed by atoms with Crippen LogP contribution >= 0.6 is 0 Å². The Hall–Kier alpha value is -1.65. The van der Waals surface area contributed by atoms with Crippen molar-refractivity contribution in [2.75, 3.05) is 0 Å². The number of primary amides is 1. The van der Waals surface area contributed by atoms with Gasteiger partial charge in [0.05, 0.1) is 6.42 Å². The van der Waals surface area contributed by atoms with Crippen LogP contribution in [-0.2, 0) is 11.2 Å². The van der Waals surface area contributed by atoms with Crippen LogP contribution in [0.3, 0.4) is 0 Å². The lowest BCUT2D eigenvalue weighted by Gasteiger charge is -1.93. The van der Waals surface area contributed by atoms with E-state index in [1.807, 2.05) is 13.8 Å². The molecule has 13 heavy (non-hydrogen) atoms. The highest BCUT2D eigenvalue weighted by molar-refractivity contribution is 5.75. The molecular weight excluding hydrogens is 170 g/mol. The topological polar surface area (TPSA) is 88.8 Å². The molecule has 3 N–H and O–H groups in total. The average molecular weight is 183 g/mol. The fourth-order valence-corrected chi connectivity index (χ4v) is 0.666. The highest BCUT2D eigenvalue weighted by atomic mass is 16.1. The van der Waals surface area contributed by atoms with E-state index >= 15 is 0 Å². The summed E-state index contributed by atoms with van der Waals surface area (Å²) in [6.45, 7) is 4.00. The first-order chi connectivity index (χ1) is 6.18. The summed E-state index contributed by atoms with van der Waals surface area (Å²) in [6, 6.07) is 1.27. The molecule has 0 bridgehead atoms. The van der Waals surface area contributed by atoms with Crippen LogP contribution in [0.2, 0.25) is 0 Å². The summed E-state index contributed by atoms with van der Waals surface area (Å²) in [5, 5.41) is 0. The number of aromatic amines is 1. The number of hydrogen-bond acceptors (Lipinski definition) is 3. The SMILES string of the molecule is CC.NC(=O)Cc1nccc(=O)[nH]1. The first kappa shape index (κ1) is 11.4. The van der Waals surface area contributed by atoms with Crippen LogP contribution in [0.4, 0.5) is 0 Å². The molecule has 0 unspecified atom stereocenters. The average Bonchev–Trinajstić information content (AvgIpc) is 2.06. The largest absolute Gasteiger partial charge is 0.369 e. The molecule has 1 aromatic heterocycles. The minimum atomic E-state index is -0.514. The van der Waals surface area contributed by atoms with Crippen molar-refractivity contribution in [3.63, 3.8) is 0 Å². The number of nitrogens with two attached hydrogens (primary N) is 1. The monoisotopic (exact) mass is 183 g/mol. The molecule has 0 radical (unpaired) electrons. The van der Waals surface area contributed by atoms with Crippen LogP contribution in [-0.4, -0.2) is 15.9 Å². The predicted octanol–water partition coefficient (Wildman–Crippen LogP) is -0.176. The Kier molecular flexibility index (Phi) is 5.18. The zero-order chi connectivity index (χ0) is 10.3. The van der Waals surface area contributed by atoms with Gasteiger partial charge in [-0.3, -0.25) is 9.59 Å². The molecule has 0 fully saturated rings. The third-order valence-corrected chi connectivity index (χ3v) is 1.07. The summed E-state index contributed by atoms with van der Waals surface area (Å²) in [7, 11) is 0. The van der Waals surface area contributed by atoms with Gasteiger partial charge in [0.2, 0.25) is 5.91 Å². The van der Waals surface area contributed by atoms with Crippen LogP contribution in [0.1, 0.15) is 19.7 Å². The molecule has 0 saturated heterocycles. The van der Waals surface area contributed by atoms with Crippen molar-refractivity contribution in [2.24, 2.45) is 5.73 Å². The maximum Gasteiger partial charge on any atom is 0.250 e. The van der Waals surface area contributed by atoms with E-state index < -0.39 is 5.91 Å². The highest BCUT2D eigenvalue weighted by Crippen LogP contribution is 1.83. The van der Waals surface area contributed by atoms with Gasteiger partial charge in [-0.1, -0.05) is 13.8 Å². The number of nitrogens with zero attached hydrogens (tertiary/aromatic N) is 1. The summed E-state index contributed by atoms with van der Waals surface area (Å²) < 4.78 is 0. The number of H-pyrrole nitrogens is 1. The number of carbonyl (C=O) groups is 1. The molecule has 0 aromatic carbocycles. The fraction of sp³-hybridized carbons (Fsp3) is 0.375. The summed E-state index contributed by atoms with van der Waals surface area (Å²) in [5.41, 5.74) is 4.59. The van der Waals surface area contributed by atoms with Crippen molar-refractivity contribution in [1.29, 1.82) is 0 Å². The maximum absolute atomic E-state index is 10.6. The molecule has 1 amide bonds. The molecule has 72 valence electrons. The fourth-order valence-electron chi connectivity index (χ4n) is 0.666. The van der Waals surface area contributed by atoms with E-state index in [0.717, 1.165) is 0 Å². The van der Waals surface area contributed by atoms with Gasteiger partial charge in [-0.15, -0.1) is 0 Å². The smallest absolute Gasteiger partial charge is 0.250 e. The molecule has 0 spiro atoms. The molecule has 1 rings (SSSR count). The Labute approximate surface area is 76.0 Å². The van der Waals surface area contributed by atoms with Crippen molar-refractivity contribution in [1.82, 2.24) is 9.97 Å². The van der Waals surface area contributed by atoms with E-state index in [2.05, 4.69) is 9.97 Å². The van der Waals surface area contributed by atoms with Gasteiger partial charge in [0.15, 0.2) is 0 Å². The summed E-state index contributed by atoms with van der Waals surface area (Å²) in [6.07, 6.45) is 1.30. The molecule has 1 heterocycles. The van der Waals surface area contributed by atoms with Crippen LogP contribution in [0.15, 0.2) is 17.1 Å². The van der Waals surface area contributed by atoms with Gasteiger partial charge in [0, 0.05) is 12.3 Å². The van der Waals surface area contributed by atoms with Crippen molar-refractivity contribution >= 4 is 5.91 Å². The van der Waals surface area contributed by atoms with Crippen LogP contribution < -0.4 is 11.3 Å². The van der Waals surface area contributed by atoms with Gasteiger partial charge >= 0.3 is 0 Å². The second-order valence-corrected chi connectivity index (χ2v) is 2.02. The van der Waals surface area contributed by atoms with Crippen molar-refractivity contribution < 1.29 is 4.79 Å². The van der Waals surface area contributed by atoms with E-state index in [9.17, 15) is 9.59 Å². The summed E-state index contributed by atoms with van der Waals surface area (Å²) >= 11 is 0. The number of rotatable bonds is 2. The van der Waals surface area contributed by atoms with E-state index in [0.29, 0.717) is 5.82 Å². The van der Waals surface area contributed by atoms with E-state index in [-0.39, 0.29) is 12.0 Å². The van der Waals surface area contributed by atoms with Gasteiger partial charge in [-0.05, 0) is 0 Å². The second-order valence-electron chi connectivity index (χ2n) is 2.02. The summed E-state index contributed by atoms with van der Waals surface area (Å²) in [5.74, 6) is -0.218. The molecule has 0 saturated carbocycles. The molecule has 5 heteroatoms. The minimum absolute atomic E-state index is 0.0317. The number of amides is 1. The number of nitrogens with one attached hydrogen (secondary N) is 1. The van der Waals surface area contributed by atoms with Crippen molar-refractivity contribution in [3.8, 4) is 0 Å². The van der Waals surface area contributed by atoms with Crippen LogP contribution in [0, 0.1) is 0 Å². The molecule has 0 aliphatic rings. The quantitative estimate of drug-likeness (QED) is 0.666. The minimum Gasteiger partial charge on any atom is -0.369 e. The lowest BCUT2D eigenvalue weighted by molar-refractivity contribution is -0.117. The Morgan fingerprint density at radius 3 is 2.69 bits per heavy atom. The Bertz CT molecular complexity index is 319. The molecule has 0 aliphatic carbocycles. The summed E-state index contributed by atoms with van der Waals surface area (Å²) in [4.78, 5) is 27.1. The number of carbonyl (C=O) groups excluding carboxylic acids is 1. The zero-order valence-corrected chi connectivity index (χ0v) is 7.70. The molecule has 1 aromatic rings. The van der Waals surface area contributed by atoms with Gasteiger partial charge in [0.1, 0.15) is 5.82 Å². The van der Waals surface area contributed by atoms with Crippen molar-refractivity contribution in [3.05, 3.63) is 28.4 Å². The van der Waals surface area contributed by atoms with E-state index in [1.165, 1.54) is 12.3 Å². The van der Waals surface area contributed by atoms with Gasteiger partial charge in [0.25, 0.3) is 5.56 Å². The van der Waals surface area contributed by atoms with Crippen LogP contribution in [0.25, 0.3) is 0 Å². The first-order valence-corrected chi connectivity index (χ1v) is 4.01. The Morgan fingerprint density at radius 1 is 1.62 bits per heavy atom. The Balaban J connectivity index is 0.000000671. The molecule has 5 nitrogen and oxygen atoms in total. The lowest BCUT2D eigenvalue weighted by Crippen LogP contribution is -2.18. The van der Waals surface area contributed by atoms with E-state index in [4.69, 9.17) is 5.73 Å². The van der Waals surface area contributed by atoms with Crippen molar-refractivity contribution in [2.45, 2.75) is 20.3 Å². The first-order valence-electron chi connectivity index (χ1n) is 4.01. The van der Waals surface area contributed by atoms with E-state index in [1.54, 1.807) is 0 Å². The van der Waals surface area contributed by atoms with Crippen LogP contribution in [0.5, 0.6) is 0 Å². The molecule has 0 atom stereocenters. The highest BCUT2D eigenvalue weighted by Gasteiger charge is 1.98. The zero-order valence-electron chi connectivity index (χ0n) is 7.70. The standard InChI is InChI=1S/C6H7N3O2.C2H6/c7-4(10)3-5-8-2-1-6(11)9-5;1-2/h1-2H,3H2,(H2,7,10)(H,8,9,11);1-2H3. The Morgan fingerprint density at radius 2 is 2.23 bits per heavy atom. The molecule has 0 aliphatic heterocycles. The van der Waals surface area contributed by atoms with Gasteiger partial charge < -0.3 is 10.7 Å². The maximum atomic E-state index is 10.6. The third-order valence-electron chi connectivity index (χ3n) is 1.07. The predicted molar refractivity (Wildman–Crippen MR) is 49.1 cm³/mol. The van der Waals surface area contributed by atoms with Gasteiger partial charge in [-0.2, -0.15) is 0 Å². The molecular formula is C8H13N3O2. The lowest BCUT2D eigenvalue weighted by atomic mass is 10.4.